The van der Waals surface area contributed by atoms with Gasteiger partial charge in [0.15, 0.2) is 5.78 Å². The Labute approximate surface area is 143 Å². The molecule has 0 bridgehead atoms. The molecule has 122 valence electrons. The number of phenolic OH excluding ortho intramolecular Hbond substituents is 1. The fraction of sp³-hybridized carbons (Fsp3) is 0.111. The third kappa shape index (κ3) is 3.41. The Hall–Kier alpha value is -2.79. The van der Waals surface area contributed by atoms with E-state index < -0.39 is 0 Å². The van der Waals surface area contributed by atoms with E-state index in [4.69, 9.17) is 16.3 Å². The van der Waals surface area contributed by atoms with Crippen LogP contribution < -0.4 is 4.74 Å². The minimum Gasteiger partial charge on any atom is -0.507 e. The van der Waals surface area contributed by atoms with Crippen LogP contribution in [0.4, 0.5) is 0 Å². The number of hydrogen-bond donors (Lipinski definition) is 2. The monoisotopic (exact) mass is 342 g/mol. The van der Waals surface area contributed by atoms with Gasteiger partial charge in [-0.3, -0.25) is 9.89 Å². The highest BCUT2D eigenvalue weighted by Crippen LogP contribution is 2.25. The lowest BCUT2D eigenvalue weighted by Gasteiger charge is -2.05. The minimum absolute atomic E-state index is 0.100. The zero-order valence-corrected chi connectivity index (χ0v) is 13.7. The normalized spacial score (nSPS) is 10.6. The van der Waals surface area contributed by atoms with Gasteiger partial charge in [0.1, 0.15) is 11.5 Å². The molecular formula is C18H15ClN2O3. The molecule has 1 heterocycles. The van der Waals surface area contributed by atoms with E-state index in [0.29, 0.717) is 16.5 Å². The van der Waals surface area contributed by atoms with Gasteiger partial charge in [-0.15, -0.1) is 0 Å². The number of hydrogen-bond acceptors (Lipinski definition) is 4. The van der Waals surface area contributed by atoms with E-state index in [1.165, 1.54) is 13.2 Å². The van der Waals surface area contributed by atoms with Crippen molar-refractivity contribution in [2.24, 2.45) is 0 Å². The predicted octanol–water partition coefficient (Wildman–Crippen LogP) is 3.87. The van der Waals surface area contributed by atoms with Crippen molar-refractivity contribution in [3.05, 3.63) is 64.8 Å². The zero-order valence-electron chi connectivity index (χ0n) is 12.9. The van der Waals surface area contributed by atoms with Gasteiger partial charge >= 0.3 is 0 Å². The number of carbonyl (C=O) groups excluding carboxylic acids is 1. The van der Waals surface area contributed by atoms with Gasteiger partial charge in [0.05, 0.1) is 24.8 Å². The Bertz CT molecular complexity index is 872. The van der Waals surface area contributed by atoms with Crippen LogP contribution in [-0.4, -0.2) is 28.2 Å². The molecule has 1 aromatic heterocycles. The van der Waals surface area contributed by atoms with E-state index in [1.54, 1.807) is 24.3 Å². The third-order valence-electron chi connectivity index (χ3n) is 3.63. The molecule has 0 saturated heterocycles. The lowest BCUT2D eigenvalue weighted by Crippen LogP contribution is -2.04. The summed E-state index contributed by atoms with van der Waals surface area (Å²) in [6, 6.07) is 13.7. The highest BCUT2D eigenvalue weighted by atomic mass is 35.5. The smallest absolute Gasteiger partial charge is 0.172 e. The van der Waals surface area contributed by atoms with Gasteiger partial charge in [-0.05, 0) is 30.3 Å². The van der Waals surface area contributed by atoms with E-state index in [0.717, 1.165) is 11.3 Å². The lowest BCUT2D eigenvalue weighted by molar-refractivity contribution is 0.0989. The zero-order chi connectivity index (χ0) is 17.1. The van der Waals surface area contributed by atoms with Gasteiger partial charge in [-0.2, -0.15) is 5.10 Å². The molecule has 0 atom stereocenters. The van der Waals surface area contributed by atoms with Crippen LogP contribution in [0.25, 0.3) is 11.3 Å². The van der Waals surface area contributed by atoms with Crippen LogP contribution in [0.15, 0.2) is 48.5 Å². The second-order valence-electron chi connectivity index (χ2n) is 5.27. The summed E-state index contributed by atoms with van der Waals surface area (Å²) in [5, 5.41) is 17.7. The molecule has 0 aliphatic carbocycles. The third-order valence-corrected chi connectivity index (χ3v) is 3.88. The van der Waals surface area contributed by atoms with Crippen molar-refractivity contribution in [2.45, 2.75) is 6.42 Å². The van der Waals surface area contributed by atoms with Gasteiger partial charge in [-0.1, -0.05) is 23.7 Å². The molecule has 3 aromatic rings. The number of carbonyl (C=O) groups is 1. The fourth-order valence-electron chi connectivity index (χ4n) is 2.36. The van der Waals surface area contributed by atoms with Crippen molar-refractivity contribution < 1.29 is 14.6 Å². The molecule has 3 rings (SSSR count). The second-order valence-corrected chi connectivity index (χ2v) is 5.70. The van der Waals surface area contributed by atoms with Crippen LogP contribution in [0.5, 0.6) is 11.5 Å². The van der Waals surface area contributed by atoms with E-state index in [2.05, 4.69) is 10.2 Å². The average Bonchev–Trinajstić information content (AvgIpc) is 3.03. The van der Waals surface area contributed by atoms with Gasteiger partial charge in [0.25, 0.3) is 0 Å². The molecule has 0 amide bonds. The highest BCUT2D eigenvalue weighted by molar-refractivity contribution is 6.30. The first-order chi connectivity index (χ1) is 11.6. The Morgan fingerprint density at radius 2 is 1.96 bits per heavy atom. The molecule has 0 fully saturated rings. The number of benzene rings is 2. The predicted molar refractivity (Wildman–Crippen MR) is 91.7 cm³/mol. The van der Waals surface area contributed by atoms with Crippen LogP contribution in [0.2, 0.25) is 5.02 Å². The number of aromatic nitrogens is 2. The molecule has 0 saturated carbocycles. The number of rotatable bonds is 5. The number of nitrogens with zero attached hydrogens (tertiary/aromatic N) is 1. The van der Waals surface area contributed by atoms with Crippen LogP contribution in [0.3, 0.4) is 0 Å². The number of Topliss-reactive ketones (excluding diaryl/α,β-unsaturated/α-hetero) is 1. The van der Waals surface area contributed by atoms with Crippen LogP contribution in [0.1, 0.15) is 16.1 Å². The Morgan fingerprint density at radius 3 is 2.62 bits per heavy atom. The SMILES string of the molecule is COc1ccc(C(=O)Cc2cc(-c3ccc(Cl)cc3)n[nH]2)c(O)c1. The summed E-state index contributed by atoms with van der Waals surface area (Å²) in [4.78, 5) is 12.4. The summed E-state index contributed by atoms with van der Waals surface area (Å²) in [5.74, 6) is 0.189. The number of aromatic hydroxyl groups is 1. The summed E-state index contributed by atoms with van der Waals surface area (Å²) in [6.45, 7) is 0. The molecule has 0 spiro atoms. The Balaban J connectivity index is 1.77. The second kappa shape index (κ2) is 6.76. The van der Waals surface area contributed by atoms with Gasteiger partial charge < -0.3 is 9.84 Å². The van der Waals surface area contributed by atoms with E-state index in [1.807, 2.05) is 18.2 Å². The van der Waals surface area contributed by atoms with Crippen molar-refractivity contribution in [1.82, 2.24) is 10.2 Å². The maximum Gasteiger partial charge on any atom is 0.172 e. The van der Waals surface area contributed by atoms with Crippen molar-refractivity contribution in [3.8, 4) is 22.8 Å². The summed E-state index contributed by atoms with van der Waals surface area (Å²) in [6.07, 6.45) is 0.112. The molecule has 5 nitrogen and oxygen atoms in total. The molecule has 0 aliphatic rings. The molecule has 6 heteroatoms. The maximum absolute atomic E-state index is 12.4. The first-order valence-corrected chi connectivity index (χ1v) is 7.65. The first-order valence-electron chi connectivity index (χ1n) is 7.27. The molecular weight excluding hydrogens is 328 g/mol. The molecule has 0 radical (unpaired) electrons. The van der Waals surface area contributed by atoms with E-state index in [9.17, 15) is 9.90 Å². The van der Waals surface area contributed by atoms with Crippen LogP contribution in [0, 0.1) is 0 Å². The Morgan fingerprint density at radius 1 is 1.21 bits per heavy atom. The largest absolute Gasteiger partial charge is 0.507 e. The first kappa shape index (κ1) is 16.1. The summed E-state index contributed by atoms with van der Waals surface area (Å²) < 4.78 is 5.01. The van der Waals surface area contributed by atoms with Crippen molar-refractivity contribution in [1.29, 1.82) is 0 Å². The number of halogens is 1. The molecule has 2 N–H and O–H groups in total. The number of methoxy groups -OCH3 is 1. The topological polar surface area (TPSA) is 75.2 Å². The van der Waals surface area contributed by atoms with E-state index in [-0.39, 0.29) is 23.5 Å². The summed E-state index contributed by atoms with van der Waals surface area (Å²) in [7, 11) is 1.50. The molecule has 0 aliphatic heterocycles. The molecule has 24 heavy (non-hydrogen) atoms. The highest BCUT2D eigenvalue weighted by Gasteiger charge is 2.14. The van der Waals surface area contributed by atoms with Crippen LogP contribution in [-0.2, 0) is 6.42 Å². The number of ether oxygens (including phenoxy) is 1. The number of aromatic amines is 1. The van der Waals surface area contributed by atoms with Crippen molar-refractivity contribution in [3.63, 3.8) is 0 Å². The van der Waals surface area contributed by atoms with Crippen molar-refractivity contribution >= 4 is 17.4 Å². The van der Waals surface area contributed by atoms with Crippen LogP contribution >= 0.6 is 11.6 Å². The Kier molecular flexibility index (Phi) is 4.53. The standard InChI is InChI=1S/C18H15ClN2O3/c1-24-14-6-7-15(18(23)10-14)17(22)9-13-8-16(21-20-13)11-2-4-12(19)5-3-11/h2-8,10,23H,9H2,1H3,(H,20,21). The van der Waals surface area contributed by atoms with Gasteiger partial charge in [0.2, 0.25) is 0 Å². The number of nitrogens with one attached hydrogen (secondary N) is 1. The lowest BCUT2D eigenvalue weighted by atomic mass is 10.0. The van der Waals surface area contributed by atoms with E-state index >= 15 is 0 Å². The molecule has 2 aromatic carbocycles. The number of H-pyrrole nitrogens is 1. The van der Waals surface area contributed by atoms with Gasteiger partial charge in [-0.25, -0.2) is 0 Å². The fourth-order valence-corrected chi connectivity index (χ4v) is 2.49. The van der Waals surface area contributed by atoms with Crippen molar-refractivity contribution in [2.75, 3.05) is 7.11 Å². The summed E-state index contributed by atoms with van der Waals surface area (Å²) in [5.41, 5.74) is 2.55. The minimum atomic E-state index is -0.207. The number of phenols is 1. The summed E-state index contributed by atoms with van der Waals surface area (Å²) >= 11 is 5.87. The maximum atomic E-state index is 12.4. The average molecular weight is 343 g/mol. The van der Waals surface area contributed by atoms with Gasteiger partial charge in [0, 0.05) is 22.3 Å². The number of ketones is 1. The quantitative estimate of drug-likeness (QED) is 0.690. The molecule has 0 unspecified atom stereocenters.